The first-order chi connectivity index (χ1) is 46.1. The predicted molar refractivity (Wildman–Crippen MR) is 344 cm³/mol. The monoisotopic (exact) mass is 1540 g/mol. The fourth-order valence-electron chi connectivity index (χ4n) is 12.3. The van der Waals surface area contributed by atoms with E-state index in [2.05, 4.69) is 39.9 Å². The average Bonchev–Trinajstić information content (AvgIpc) is 1.64. The molecule has 14 aromatic rings. The Kier molecular flexibility index (Phi) is 13.7. The van der Waals surface area contributed by atoms with E-state index in [1.54, 1.807) is 72.8 Å². The third kappa shape index (κ3) is 10.0. The largest absolute Gasteiger partial charge is 4.00 e. The molecule has 0 saturated heterocycles. The molecule has 0 amide bonds. The van der Waals surface area contributed by atoms with Crippen LogP contribution in [0.3, 0.4) is 0 Å². The molecule has 6 aromatic heterocycles. The second-order valence-corrected chi connectivity index (χ2v) is 27.3. The molecular formula is C64H32IrN16O12S4. The van der Waals surface area contributed by atoms with Gasteiger partial charge in [-0.25, -0.2) is 93.5 Å². The van der Waals surface area contributed by atoms with Crippen molar-refractivity contribution in [2.45, 2.75) is 19.6 Å². The summed E-state index contributed by atoms with van der Waals surface area (Å²) in [6.07, 6.45) is 0. The van der Waals surface area contributed by atoms with E-state index in [4.69, 9.17) is 39.9 Å². The molecule has 97 heavy (non-hydrogen) atoms. The van der Waals surface area contributed by atoms with Crippen LogP contribution in [0.2, 0.25) is 0 Å². The number of benzene rings is 8. The Morgan fingerprint density at radius 3 is 0.639 bits per heavy atom. The zero-order chi connectivity index (χ0) is 65.9. The van der Waals surface area contributed by atoms with Crippen LogP contribution in [0.15, 0.2) is 189 Å². The number of hydrogen-bond donors (Lipinski definition) is 4. The zero-order valence-corrected chi connectivity index (χ0v) is 54.1. The second kappa shape index (κ2) is 21.9. The van der Waals surface area contributed by atoms with E-state index in [1.807, 2.05) is 72.8 Å². The number of rotatable bonds is 4. The van der Waals surface area contributed by atoms with Gasteiger partial charge in [0.05, 0.1) is 19.6 Å². The molecule has 1 radical (unpaired) electrons. The third-order valence-corrected chi connectivity index (χ3v) is 20.2. The van der Waals surface area contributed by atoms with Crippen molar-refractivity contribution in [3.63, 3.8) is 0 Å². The van der Waals surface area contributed by atoms with Crippen LogP contribution in [0.25, 0.3) is 179 Å². The molecular weight excluding hydrogens is 1510 g/mol. The van der Waals surface area contributed by atoms with Gasteiger partial charge in [-0.2, -0.15) is 0 Å². The van der Waals surface area contributed by atoms with Crippen molar-refractivity contribution in [1.82, 2.24) is 79.7 Å². The summed E-state index contributed by atoms with van der Waals surface area (Å²) in [5, 5.41) is 2.26. The topological polar surface area (TPSA) is 447 Å². The first-order valence-corrected chi connectivity index (χ1v) is 34.1. The van der Waals surface area contributed by atoms with E-state index in [9.17, 15) is 51.9 Å². The Labute approximate surface area is 557 Å². The number of fused-ring (bicyclic) bond motifs is 40. The summed E-state index contributed by atoms with van der Waals surface area (Å²) >= 11 is 0. The molecule has 4 N–H and O–H groups in total. The van der Waals surface area contributed by atoms with Crippen molar-refractivity contribution in [1.29, 1.82) is 0 Å². The number of aromatic nitrogens is 16. The Bertz CT molecular complexity index is 6350. The predicted octanol–water partition coefficient (Wildman–Crippen LogP) is 9.35. The average molecular weight is 1540 g/mol. The van der Waals surface area contributed by atoms with Gasteiger partial charge in [-0.3, -0.25) is 0 Å². The summed E-state index contributed by atoms with van der Waals surface area (Å²) in [5.41, 5.74) is 6.17. The Hall–Kier alpha value is -11.2. The molecule has 18 rings (SSSR count). The molecule has 8 aromatic carbocycles. The summed E-state index contributed by atoms with van der Waals surface area (Å²) in [6.45, 7) is 0. The van der Waals surface area contributed by atoms with Crippen LogP contribution in [-0.4, -0.2) is 132 Å². The first-order valence-electron chi connectivity index (χ1n) is 28.5. The SMILES string of the molecule is O=S(=O)([O-])c1ccc2c3nc4nc(nc5[nH]c(nc6nc(nc([nH]3)c2c1S(=O)(=O)[O-])-c1ccccc1-6)c1ccccc51)-c1ccccc1-4.O=S(=O)([O-])c1ccc2c3nc4nc(nc5[nH]c(nc6nc(nc([nH]3)c2c1S(=O)(=O)[O-])-c1ccccc1-6)c1ccccc51)-c1ccccc1-4.[Ir+4]. The Morgan fingerprint density at radius 1 is 0.227 bits per heavy atom. The van der Waals surface area contributed by atoms with Gasteiger partial charge < -0.3 is 38.1 Å². The molecule has 0 atom stereocenters. The zero-order valence-electron chi connectivity index (χ0n) is 48.4. The van der Waals surface area contributed by atoms with E-state index in [-0.39, 0.29) is 88.4 Å². The fraction of sp³-hybridized carbons (Fsp3) is 0. The van der Waals surface area contributed by atoms with Crippen LogP contribution in [0.5, 0.6) is 0 Å². The van der Waals surface area contributed by atoms with E-state index in [1.165, 1.54) is 12.1 Å². The number of H-pyrrole nitrogens is 4. The van der Waals surface area contributed by atoms with Gasteiger partial charge in [-0.05, 0) is 24.3 Å². The molecule has 473 valence electrons. The summed E-state index contributed by atoms with van der Waals surface area (Å²) in [7, 11) is -22.0. The van der Waals surface area contributed by atoms with Crippen LogP contribution in [-0.2, 0) is 60.6 Å². The normalized spacial score (nSPS) is 12.6. The minimum atomic E-state index is -5.56. The minimum absolute atomic E-state index is 0. The van der Waals surface area contributed by atoms with Gasteiger partial charge in [0.2, 0.25) is 0 Å². The molecule has 28 nitrogen and oxygen atoms in total. The maximum absolute atomic E-state index is 12.7. The van der Waals surface area contributed by atoms with Gasteiger partial charge in [-0.1, -0.05) is 146 Å². The van der Waals surface area contributed by atoms with Crippen LogP contribution in [0.4, 0.5) is 0 Å². The van der Waals surface area contributed by atoms with E-state index in [0.717, 1.165) is 33.7 Å². The van der Waals surface area contributed by atoms with Crippen molar-refractivity contribution in [3.05, 3.63) is 170 Å². The maximum atomic E-state index is 12.7. The van der Waals surface area contributed by atoms with Crippen LogP contribution in [0.1, 0.15) is 0 Å². The van der Waals surface area contributed by atoms with E-state index < -0.39 is 70.8 Å². The number of aromatic amines is 4. The Balaban J connectivity index is 0.000000151. The van der Waals surface area contributed by atoms with Crippen molar-refractivity contribution >= 4 is 129 Å². The summed E-state index contributed by atoms with van der Waals surface area (Å²) in [4.78, 5) is 64.4. The smallest absolute Gasteiger partial charge is 0.744 e. The van der Waals surface area contributed by atoms with Crippen LogP contribution in [0, 0.1) is 0 Å². The summed E-state index contributed by atoms with van der Waals surface area (Å²) in [6, 6.07) is 47.7. The molecule has 10 heterocycles. The fourth-order valence-corrected chi connectivity index (χ4v) is 16.1. The number of nitrogens with one attached hydrogen (secondary N) is 4. The maximum Gasteiger partial charge on any atom is 4.00 e. The number of nitrogens with zero attached hydrogens (tertiary/aromatic N) is 12. The summed E-state index contributed by atoms with van der Waals surface area (Å²) in [5.74, 6) is 1.75. The number of hydrogen-bond acceptors (Lipinski definition) is 24. The standard InChI is InChI=1S/2C32H18N8O6S2.Ir/c2*41-47(42,43)22-14-13-21-23(24(22)48(44,45)46)32-39-30-20-12-6-5-11-19(20)28(37-30)35-26-16-8-2-1-7-15(16)25(33-26)34-27-17-9-3-4-10-18(17)29(36-27)38-31(21)40-32;/h2*1-14H,(H,41,42,43)(H,44,45,46)(H2,33,34,35,36,37,38,39,40);/q;;+4/p-4. The molecule has 0 aliphatic carbocycles. The first kappa shape index (κ1) is 60.7. The second-order valence-electron chi connectivity index (χ2n) is 21.9. The van der Waals surface area contributed by atoms with Crippen LogP contribution >= 0.6 is 0 Å². The van der Waals surface area contributed by atoms with Gasteiger partial charge in [0, 0.05) is 87.6 Å². The molecule has 4 aliphatic heterocycles. The van der Waals surface area contributed by atoms with Gasteiger partial charge in [0.25, 0.3) is 0 Å². The van der Waals surface area contributed by atoms with Crippen molar-refractivity contribution in [2.75, 3.05) is 0 Å². The van der Waals surface area contributed by atoms with Gasteiger partial charge >= 0.3 is 20.1 Å². The van der Waals surface area contributed by atoms with Gasteiger partial charge in [0.1, 0.15) is 85.6 Å². The van der Waals surface area contributed by atoms with Gasteiger partial charge in [0.15, 0.2) is 46.6 Å². The molecule has 0 spiro atoms. The van der Waals surface area contributed by atoms with Crippen molar-refractivity contribution in [3.8, 4) is 91.1 Å². The van der Waals surface area contributed by atoms with E-state index >= 15 is 0 Å². The Morgan fingerprint density at radius 2 is 0.423 bits per heavy atom. The minimum Gasteiger partial charge on any atom is -0.744 e. The quantitative estimate of drug-likeness (QED) is 0.119. The van der Waals surface area contributed by atoms with E-state index in [0.29, 0.717) is 78.7 Å². The third-order valence-electron chi connectivity index (χ3n) is 16.3. The van der Waals surface area contributed by atoms with Gasteiger partial charge in [-0.15, -0.1) is 0 Å². The van der Waals surface area contributed by atoms with Crippen LogP contribution < -0.4 is 0 Å². The molecule has 0 saturated carbocycles. The molecule has 0 fully saturated rings. The molecule has 0 unspecified atom stereocenters. The van der Waals surface area contributed by atoms with Crippen molar-refractivity contribution < 1.29 is 72.0 Å². The molecule has 33 heteroatoms. The molecule has 4 aliphatic rings. The summed E-state index contributed by atoms with van der Waals surface area (Å²) < 4.78 is 149. The molecule has 16 bridgehead atoms. The van der Waals surface area contributed by atoms with Crippen molar-refractivity contribution in [2.24, 2.45) is 0 Å².